The number of pyridine rings is 1. The third-order valence-electron chi connectivity index (χ3n) is 12.1. The smallest absolute Gasteiger partial charge is 0.0715 e. The third-order valence-corrected chi connectivity index (χ3v) is 12.1. The molecule has 9 aromatic carbocycles. The summed E-state index contributed by atoms with van der Waals surface area (Å²) in [5, 5.41) is 6.47. The highest BCUT2D eigenvalue weighted by Gasteiger charge is 2.26. The molecule has 2 nitrogen and oxygen atoms in total. The van der Waals surface area contributed by atoms with Crippen molar-refractivity contribution in [2.75, 3.05) is 5.32 Å². The normalized spacial score (nSPS) is 13.2. The second kappa shape index (κ2) is 16.2. The topological polar surface area (TPSA) is 24.9 Å². The molecule has 1 N–H and O–H groups in total. The number of hydrogen-bond donors (Lipinski definition) is 1. The number of rotatable bonds is 8. The zero-order valence-electron chi connectivity index (χ0n) is 34.1. The summed E-state index contributed by atoms with van der Waals surface area (Å²) in [6, 6.07) is 84.9. The number of benzene rings is 9. The van der Waals surface area contributed by atoms with Gasteiger partial charge in [-0.2, -0.15) is 0 Å². The van der Waals surface area contributed by atoms with E-state index in [1.165, 1.54) is 60.9 Å². The molecular weight excluding hydrogens is 749 g/mol. The fourth-order valence-electron chi connectivity index (χ4n) is 8.91. The molecule has 1 aliphatic heterocycles. The van der Waals surface area contributed by atoms with Gasteiger partial charge in [0, 0.05) is 22.3 Å². The molecule has 0 radical (unpaired) electrons. The van der Waals surface area contributed by atoms with Crippen LogP contribution in [-0.4, -0.2) is 4.98 Å². The number of hydrogen-bond acceptors (Lipinski definition) is 2. The summed E-state index contributed by atoms with van der Waals surface area (Å²) >= 11 is 0. The standard InChI is InChI=1S/C60H42N2/c1-5-15-41(16-6-1)43-27-33-49(34-28-43)56-38-52(39-57(61-56)50-35-29-44(30-36-50)42-17-7-2-8-18-42)45-25-31-47(32-26-45)55-37-51-23-13-14-24-53(51)59-54(46-19-9-3-10-20-46)40-58(62-60(55)59)48-21-11-4-12-22-48/h1-40,58,62H. The van der Waals surface area contributed by atoms with E-state index in [1.807, 2.05) is 0 Å². The molecule has 0 saturated carbocycles. The van der Waals surface area contributed by atoms with E-state index in [2.05, 4.69) is 248 Å². The predicted octanol–water partition coefficient (Wildman–Crippen LogP) is 15.8. The summed E-state index contributed by atoms with van der Waals surface area (Å²) in [5.41, 5.74) is 19.5. The Bertz CT molecular complexity index is 3090. The molecule has 10 aromatic rings. The molecule has 2 heteroatoms. The van der Waals surface area contributed by atoms with Gasteiger partial charge in [0.2, 0.25) is 0 Å². The second-order valence-corrected chi connectivity index (χ2v) is 16.0. The van der Waals surface area contributed by atoms with Gasteiger partial charge < -0.3 is 5.32 Å². The van der Waals surface area contributed by atoms with E-state index in [-0.39, 0.29) is 6.04 Å². The minimum absolute atomic E-state index is 0.00951. The second-order valence-electron chi connectivity index (χ2n) is 16.0. The highest BCUT2D eigenvalue weighted by atomic mass is 14.9. The van der Waals surface area contributed by atoms with Gasteiger partial charge in [0.1, 0.15) is 0 Å². The molecule has 0 bridgehead atoms. The van der Waals surface area contributed by atoms with E-state index in [4.69, 9.17) is 4.98 Å². The molecule has 0 saturated heterocycles. The molecule has 1 aliphatic rings. The Morgan fingerprint density at radius 1 is 0.339 bits per heavy atom. The maximum absolute atomic E-state index is 5.30. The van der Waals surface area contributed by atoms with Gasteiger partial charge in [0.25, 0.3) is 0 Å². The van der Waals surface area contributed by atoms with Crippen LogP contribution in [0.15, 0.2) is 243 Å². The van der Waals surface area contributed by atoms with Crippen LogP contribution in [0.5, 0.6) is 0 Å². The fourth-order valence-corrected chi connectivity index (χ4v) is 8.91. The Kier molecular flexibility index (Phi) is 9.65. The third kappa shape index (κ3) is 7.18. The minimum Gasteiger partial charge on any atom is -0.374 e. The molecule has 2 heterocycles. The van der Waals surface area contributed by atoms with Gasteiger partial charge >= 0.3 is 0 Å². The first kappa shape index (κ1) is 37.0. The van der Waals surface area contributed by atoms with Crippen molar-refractivity contribution in [3.05, 3.63) is 259 Å². The van der Waals surface area contributed by atoms with Crippen LogP contribution in [0.1, 0.15) is 22.7 Å². The maximum Gasteiger partial charge on any atom is 0.0715 e. The van der Waals surface area contributed by atoms with Crippen molar-refractivity contribution in [1.82, 2.24) is 4.98 Å². The number of nitrogens with one attached hydrogen (secondary N) is 1. The minimum atomic E-state index is 0.00951. The number of fused-ring (bicyclic) bond motifs is 3. The first-order chi connectivity index (χ1) is 30.7. The molecule has 292 valence electrons. The lowest BCUT2D eigenvalue weighted by Gasteiger charge is -2.30. The van der Waals surface area contributed by atoms with Gasteiger partial charge in [-0.25, -0.2) is 4.98 Å². The molecule has 1 unspecified atom stereocenters. The summed E-state index contributed by atoms with van der Waals surface area (Å²) in [6.07, 6.45) is 2.40. The van der Waals surface area contributed by atoms with Crippen LogP contribution in [0.3, 0.4) is 0 Å². The summed E-state index contributed by atoms with van der Waals surface area (Å²) < 4.78 is 0. The average molecular weight is 791 g/mol. The van der Waals surface area contributed by atoms with E-state index in [9.17, 15) is 0 Å². The van der Waals surface area contributed by atoms with E-state index >= 15 is 0 Å². The van der Waals surface area contributed by atoms with E-state index < -0.39 is 0 Å². The summed E-state index contributed by atoms with van der Waals surface area (Å²) in [4.78, 5) is 5.30. The lowest BCUT2D eigenvalue weighted by Crippen LogP contribution is -2.16. The van der Waals surface area contributed by atoms with Crippen LogP contribution in [-0.2, 0) is 0 Å². The zero-order valence-corrected chi connectivity index (χ0v) is 34.1. The van der Waals surface area contributed by atoms with Crippen LogP contribution in [0.4, 0.5) is 5.69 Å². The Balaban J connectivity index is 1.02. The van der Waals surface area contributed by atoms with Crippen molar-refractivity contribution in [3.63, 3.8) is 0 Å². The molecule has 0 fully saturated rings. The fraction of sp³-hybridized carbons (Fsp3) is 0.0167. The lowest BCUT2D eigenvalue weighted by atomic mass is 9.83. The zero-order chi connectivity index (χ0) is 41.2. The first-order valence-electron chi connectivity index (χ1n) is 21.3. The van der Waals surface area contributed by atoms with Crippen LogP contribution < -0.4 is 5.32 Å². The van der Waals surface area contributed by atoms with Crippen molar-refractivity contribution in [2.45, 2.75) is 6.04 Å². The number of aromatic nitrogens is 1. The van der Waals surface area contributed by atoms with Crippen molar-refractivity contribution in [2.24, 2.45) is 0 Å². The summed E-state index contributed by atoms with van der Waals surface area (Å²) in [6.45, 7) is 0. The van der Waals surface area contributed by atoms with E-state index in [1.54, 1.807) is 0 Å². The molecule has 0 aliphatic carbocycles. The molecule has 0 spiro atoms. The Morgan fingerprint density at radius 3 is 1.31 bits per heavy atom. The maximum atomic E-state index is 5.30. The molecule has 1 aromatic heterocycles. The highest BCUT2D eigenvalue weighted by molar-refractivity contribution is 6.09. The van der Waals surface area contributed by atoms with Crippen LogP contribution in [0.2, 0.25) is 0 Å². The Morgan fingerprint density at radius 2 is 0.758 bits per heavy atom. The Labute approximate surface area is 363 Å². The van der Waals surface area contributed by atoms with Crippen molar-refractivity contribution in [1.29, 1.82) is 0 Å². The lowest BCUT2D eigenvalue weighted by molar-refractivity contribution is 0.975. The van der Waals surface area contributed by atoms with Crippen molar-refractivity contribution >= 4 is 22.0 Å². The molecule has 1 atom stereocenters. The summed E-state index contributed by atoms with van der Waals surface area (Å²) in [7, 11) is 0. The van der Waals surface area contributed by atoms with Crippen LogP contribution in [0.25, 0.3) is 83.4 Å². The highest BCUT2D eigenvalue weighted by Crippen LogP contribution is 2.48. The molecular formula is C60H42N2. The van der Waals surface area contributed by atoms with Gasteiger partial charge in [0.05, 0.1) is 23.1 Å². The van der Waals surface area contributed by atoms with Crippen molar-refractivity contribution in [3.8, 4) is 67.0 Å². The first-order valence-corrected chi connectivity index (χ1v) is 21.3. The monoisotopic (exact) mass is 790 g/mol. The average Bonchev–Trinajstić information content (AvgIpc) is 3.37. The summed E-state index contributed by atoms with van der Waals surface area (Å²) in [5.74, 6) is 0. The number of anilines is 1. The molecule has 62 heavy (non-hydrogen) atoms. The quantitative estimate of drug-likeness (QED) is 0.166. The van der Waals surface area contributed by atoms with Gasteiger partial charge in [-0.1, -0.05) is 218 Å². The molecule has 0 amide bonds. The van der Waals surface area contributed by atoms with Gasteiger partial charge in [0.15, 0.2) is 0 Å². The van der Waals surface area contributed by atoms with Crippen LogP contribution in [0, 0.1) is 0 Å². The largest absolute Gasteiger partial charge is 0.374 e. The van der Waals surface area contributed by atoms with E-state index in [0.29, 0.717) is 0 Å². The van der Waals surface area contributed by atoms with Crippen molar-refractivity contribution < 1.29 is 0 Å². The van der Waals surface area contributed by atoms with Gasteiger partial charge in [-0.15, -0.1) is 0 Å². The number of nitrogens with zero attached hydrogens (tertiary/aromatic N) is 1. The van der Waals surface area contributed by atoms with Gasteiger partial charge in [-0.05, 0) is 90.7 Å². The van der Waals surface area contributed by atoms with Gasteiger partial charge in [-0.3, -0.25) is 0 Å². The molecule has 11 rings (SSSR count). The van der Waals surface area contributed by atoms with Crippen LogP contribution >= 0.6 is 0 Å². The Hall–Kier alpha value is -8.07. The predicted molar refractivity (Wildman–Crippen MR) is 261 cm³/mol. The van der Waals surface area contributed by atoms with E-state index in [0.717, 1.165) is 44.9 Å². The SMILES string of the molecule is C1=C(c2ccccc2)c2c(c(-c3ccc(-c4cc(-c5ccc(-c6ccccc6)cc5)nc(-c5ccc(-c6ccccc6)cc5)c4)cc3)cc3ccccc23)NC1c1ccccc1.